The van der Waals surface area contributed by atoms with E-state index in [0.29, 0.717) is 16.6 Å². The van der Waals surface area contributed by atoms with E-state index in [0.717, 1.165) is 36.8 Å². The van der Waals surface area contributed by atoms with E-state index in [1.165, 1.54) is 0 Å². The van der Waals surface area contributed by atoms with Crippen molar-refractivity contribution in [1.82, 2.24) is 34.8 Å². The van der Waals surface area contributed by atoms with Crippen molar-refractivity contribution in [1.29, 1.82) is 0 Å². The van der Waals surface area contributed by atoms with Crippen LogP contribution in [0.15, 0.2) is 36.8 Å². The van der Waals surface area contributed by atoms with Crippen LogP contribution >= 0.6 is 23.2 Å². The van der Waals surface area contributed by atoms with Crippen molar-refractivity contribution in [3.63, 3.8) is 0 Å². The second-order valence-corrected chi connectivity index (χ2v) is 7.18. The number of halogens is 2. The summed E-state index contributed by atoms with van der Waals surface area (Å²) in [6, 6.07) is 5.53. The van der Waals surface area contributed by atoms with Crippen molar-refractivity contribution in [2.45, 2.75) is 12.6 Å². The molecule has 0 aliphatic carbocycles. The number of piperazine rings is 1. The van der Waals surface area contributed by atoms with Gasteiger partial charge in [-0.1, -0.05) is 28.4 Å². The van der Waals surface area contributed by atoms with Crippen LogP contribution in [0.5, 0.6) is 0 Å². The number of aryl methyl sites for hydroxylation is 1. The van der Waals surface area contributed by atoms with E-state index < -0.39 is 0 Å². The van der Waals surface area contributed by atoms with Crippen LogP contribution in [0.1, 0.15) is 17.6 Å². The number of hydrogen-bond donors (Lipinski definition) is 1. The van der Waals surface area contributed by atoms with Gasteiger partial charge < -0.3 is 9.88 Å². The highest BCUT2D eigenvalue weighted by Gasteiger charge is 2.27. The van der Waals surface area contributed by atoms with Crippen molar-refractivity contribution in [2.75, 3.05) is 19.6 Å². The minimum Gasteiger partial charge on any atom is -0.337 e. The molecule has 0 radical (unpaired) electrons. The fourth-order valence-electron chi connectivity index (χ4n) is 3.25. The molecule has 1 aliphatic heterocycles. The van der Waals surface area contributed by atoms with Crippen LogP contribution in [0.4, 0.5) is 0 Å². The Kier molecular flexibility index (Phi) is 4.95. The molecule has 1 unspecified atom stereocenters. The Morgan fingerprint density at radius 1 is 1.31 bits per heavy atom. The van der Waals surface area contributed by atoms with Crippen molar-refractivity contribution in [3.8, 4) is 5.69 Å². The highest BCUT2D eigenvalue weighted by molar-refractivity contribution is 6.35. The average molecular weight is 392 g/mol. The molecular weight excluding hydrogens is 373 g/mol. The first-order valence-electron chi connectivity index (χ1n) is 8.40. The Hall–Kier alpha value is -1.93. The summed E-state index contributed by atoms with van der Waals surface area (Å²) in [5.41, 5.74) is 1.65. The number of rotatable bonds is 4. The number of nitrogens with zero attached hydrogens (tertiary/aromatic N) is 6. The molecule has 1 aromatic carbocycles. The van der Waals surface area contributed by atoms with Crippen LogP contribution < -0.4 is 5.32 Å². The van der Waals surface area contributed by atoms with E-state index in [-0.39, 0.29) is 6.04 Å². The monoisotopic (exact) mass is 391 g/mol. The Bertz CT molecular complexity index is 904. The average Bonchev–Trinajstić information content (AvgIpc) is 3.25. The summed E-state index contributed by atoms with van der Waals surface area (Å²) in [4.78, 5) is 6.89. The number of aromatic nitrogens is 5. The lowest BCUT2D eigenvalue weighted by atomic mass is 10.1. The van der Waals surface area contributed by atoms with E-state index in [2.05, 4.69) is 30.1 Å². The van der Waals surface area contributed by atoms with Crippen molar-refractivity contribution in [2.24, 2.45) is 7.05 Å². The number of hydrogen-bond acceptors (Lipinski definition) is 5. The molecule has 1 saturated heterocycles. The third kappa shape index (κ3) is 3.48. The van der Waals surface area contributed by atoms with Crippen LogP contribution in [0, 0.1) is 0 Å². The summed E-state index contributed by atoms with van der Waals surface area (Å²) in [5.74, 6) is 1.05. The van der Waals surface area contributed by atoms with Gasteiger partial charge in [-0.05, 0) is 18.2 Å². The number of benzene rings is 1. The van der Waals surface area contributed by atoms with E-state index in [4.69, 9.17) is 23.2 Å². The lowest BCUT2D eigenvalue weighted by Gasteiger charge is -2.35. The lowest BCUT2D eigenvalue weighted by molar-refractivity contribution is 0.143. The molecule has 1 atom stereocenters. The molecule has 0 saturated carbocycles. The standard InChI is InChI=1S/C17H19Cl2N7/c1-24-6-5-21-17(24)16-9-20-4-7-25(16)10-13-11-26(23-22-13)15-3-2-12(18)8-14(15)19/h2-3,5-6,8,11,16,20H,4,7,9-10H2,1H3. The number of nitrogens with one attached hydrogen (secondary N) is 1. The molecule has 136 valence electrons. The van der Waals surface area contributed by atoms with E-state index in [1.807, 2.05) is 31.7 Å². The summed E-state index contributed by atoms with van der Waals surface area (Å²) in [6.45, 7) is 3.43. The third-order valence-electron chi connectivity index (χ3n) is 4.57. The topological polar surface area (TPSA) is 63.8 Å². The predicted octanol–water partition coefficient (Wildman–Crippen LogP) is 2.45. The third-order valence-corrected chi connectivity index (χ3v) is 5.11. The Morgan fingerprint density at radius 3 is 2.96 bits per heavy atom. The quantitative estimate of drug-likeness (QED) is 0.739. The minimum absolute atomic E-state index is 0.202. The van der Waals surface area contributed by atoms with Crippen molar-refractivity contribution >= 4 is 23.2 Å². The normalized spacial score (nSPS) is 18.3. The molecule has 0 amide bonds. The van der Waals surface area contributed by atoms with E-state index in [9.17, 15) is 0 Å². The van der Waals surface area contributed by atoms with Crippen molar-refractivity contribution in [3.05, 3.63) is 58.4 Å². The molecule has 0 bridgehead atoms. The highest BCUT2D eigenvalue weighted by Crippen LogP contribution is 2.25. The largest absolute Gasteiger partial charge is 0.337 e. The molecule has 1 aliphatic rings. The Labute approximate surface area is 161 Å². The maximum atomic E-state index is 6.27. The molecule has 2 aromatic heterocycles. The molecule has 0 spiro atoms. The fourth-order valence-corrected chi connectivity index (χ4v) is 3.75. The van der Waals surface area contributed by atoms with Crippen LogP contribution in [0.2, 0.25) is 10.0 Å². The molecule has 3 aromatic rings. The lowest BCUT2D eigenvalue weighted by Crippen LogP contribution is -2.46. The van der Waals surface area contributed by atoms with E-state index >= 15 is 0 Å². The maximum absolute atomic E-state index is 6.27. The fraction of sp³-hybridized carbons (Fsp3) is 0.353. The first-order chi connectivity index (χ1) is 12.6. The maximum Gasteiger partial charge on any atom is 0.127 e. The van der Waals surface area contributed by atoms with Gasteiger partial charge in [0.1, 0.15) is 5.82 Å². The second-order valence-electron chi connectivity index (χ2n) is 6.34. The van der Waals surface area contributed by atoms with Gasteiger partial charge in [-0.2, -0.15) is 0 Å². The summed E-state index contributed by atoms with van der Waals surface area (Å²) in [6.07, 6.45) is 5.72. The zero-order valence-electron chi connectivity index (χ0n) is 14.3. The molecule has 1 N–H and O–H groups in total. The van der Waals surface area contributed by atoms with Crippen LogP contribution in [-0.4, -0.2) is 49.1 Å². The Balaban J connectivity index is 1.55. The van der Waals surface area contributed by atoms with Crippen molar-refractivity contribution < 1.29 is 0 Å². The molecule has 1 fully saturated rings. The van der Waals surface area contributed by atoms with Gasteiger partial charge in [0, 0.05) is 50.6 Å². The Morgan fingerprint density at radius 2 is 2.19 bits per heavy atom. The minimum atomic E-state index is 0.202. The predicted molar refractivity (Wildman–Crippen MR) is 101 cm³/mol. The van der Waals surface area contributed by atoms with Gasteiger partial charge in [-0.25, -0.2) is 9.67 Å². The van der Waals surface area contributed by atoms with Gasteiger partial charge in [0.2, 0.25) is 0 Å². The molecule has 3 heterocycles. The van der Waals surface area contributed by atoms with E-state index in [1.54, 1.807) is 16.8 Å². The van der Waals surface area contributed by atoms with Gasteiger partial charge in [0.15, 0.2) is 0 Å². The first kappa shape index (κ1) is 17.5. The molecule has 26 heavy (non-hydrogen) atoms. The van der Waals surface area contributed by atoms with Gasteiger partial charge in [-0.15, -0.1) is 5.10 Å². The zero-order valence-corrected chi connectivity index (χ0v) is 15.8. The summed E-state index contributed by atoms with van der Waals surface area (Å²) in [5, 5.41) is 13.1. The van der Waals surface area contributed by atoms with Crippen LogP contribution in [0.25, 0.3) is 5.69 Å². The molecule has 9 heteroatoms. The van der Waals surface area contributed by atoms with Crippen LogP contribution in [-0.2, 0) is 13.6 Å². The molecular formula is C17H19Cl2N7. The van der Waals surface area contributed by atoms with Gasteiger partial charge in [-0.3, -0.25) is 4.90 Å². The number of imidazole rings is 1. The zero-order chi connectivity index (χ0) is 18.1. The van der Waals surface area contributed by atoms with Crippen LogP contribution in [0.3, 0.4) is 0 Å². The molecule has 7 nitrogen and oxygen atoms in total. The summed E-state index contributed by atoms with van der Waals surface area (Å²) < 4.78 is 3.75. The van der Waals surface area contributed by atoms with Gasteiger partial charge in [0.05, 0.1) is 28.6 Å². The summed E-state index contributed by atoms with van der Waals surface area (Å²) in [7, 11) is 2.02. The van der Waals surface area contributed by atoms with Gasteiger partial charge in [0.25, 0.3) is 0 Å². The smallest absolute Gasteiger partial charge is 0.127 e. The SMILES string of the molecule is Cn1ccnc1C1CNCCN1Cc1cn(-c2ccc(Cl)cc2Cl)nn1. The highest BCUT2D eigenvalue weighted by atomic mass is 35.5. The van der Waals surface area contributed by atoms with Gasteiger partial charge >= 0.3 is 0 Å². The molecule has 4 rings (SSSR count). The first-order valence-corrected chi connectivity index (χ1v) is 9.16. The summed E-state index contributed by atoms with van der Waals surface area (Å²) >= 11 is 12.2. The second kappa shape index (κ2) is 7.36.